The van der Waals surface area contributed by atoms with Crippen LogP contribution in [0.5, 0.6) is 11.5 Å². The van der Waals surface area contributed by atoms with E-state index in [2.05, 4.69) is 24.8 Å². The summed E-state index contributed by atoms with van der Waals surface area (Å²) in [5, 5.41) is 9.65. The Morgan fingerprint density at radius 1 is 1.03 bits per heavy atom. The smallest absolute Gasteiger partial charge is 0.312 e. The summed E-state index contributed by atoms with van der Waals surface area (Å²) in [4.78, 5) is 12.9. The summed E-state index contributed by atoms with van der Waals surface area (Å²) in [6.07, 6.45) is 0.780. The van der Waals surface area contributed by atoms with Crippen molar-refractivity contribution in [1.82, 2.24) is 0 Å². The Kier molecular flexibility index (Phi) is 8.98. The highest BCUT2D eigenvalue weighted by molar-refractivity contribution is 5.74. The Hall–Kier alpha value is -3.24. The van der Waals surface area contributed by atoms with Crippen molar-refractivity contribution in [2.75, 3.05) is 0 Å². The Bertz CT molecular complexity index is 919. The minimum atomic E-state index is -1.01. The zero-order valence-corrected chi connectivity index (χ0v) is 18.1. The summed E-state index contributed by atoms with van der Waals surface area (Å²) in [5.41, 5.74) is 0.575. The van der Waals surface area contributed by atoms with Gasteiger partial charge in [-0.25, -0.2) is 0 Å². The summed E-state index contributed by atoms with van der Waals surface area (Å²) in [5.74, 6) is 6.66. The van der Waals surface area contributed by atoms with Crippen molar-refractivity contribution in [3.63, 3.8) is 0 Å². The van der Waals surface area contributed by atoms with E-state index in [4.69, 9.17) is 9.47 Å². The molecule has 0 saturated carbocycles. The molecule has 2 aromatic carbocycles. The van der Waals surface area contributed by atoms with E-state index >= 15 is 0 Å². The van der Waals surface area contributed by atoms with E-state index < -0.39 is 18.0 Å². The maximum Gasteiger partial charge on any atom is 0.312 e. The van der Waals surface area contributed by atoms with Crippen LogP contribution in [0, 0.1) is 40.9 Å². The molecule has 156 valence electrons. The van der Waals surface area contributed by atoms with Gasteiger partial charge < -0.3 is 9.47 Å². The number of hydrogen-bond donors (Lipinski definition) is 0. The lowest BCUT2D eigenvalue weighted by Gasteiger charge is -2.24. The Morgan fingerprint density at radius 2 is 1.73 bits per heavy atom. The van der Waals surface area contributed by atoms with Gasteiger partial charge in [-0.05, 0) is 36.6 Å². The highest BCUT2D eigenvalue weighted by atomic mass is 16.5. The van der Waals surface area contributed by atoms with Gasteiger partial charge in [-0.1, -0.05) is 63.9 Å². The van der Waals surface area contributed by atoms with Crippen molar-refractivity contribution in [3.8, 4) is 29.4 Å². The van der Waals surface area contributed by atoms with Crippen molar-refractivity contribution in [3.05, 3.63) is 60.2 Å². The average Bonchev–Trinajstić information content (AvgIpc) is 2.73. The van der Waals surface area contributed by atoms with E-state index in [0.29, 0.717) is 17.1 Å². The number of benzene rings is 2. The number of nitrogens with zero attached hydrogens (tertiary/aromatic N) is 1. The summed E-state index contributed by atoms with van der Waals surface area (Å²) in [7, 11) is 0. The second kappa shape index (κ2) is 11.7. The Morgan fingerprint density at radius 3 is 2.37 bits per heavy atom. The van der Waals surface area contributed by atoms with E-state index in [1.807, 2.05) is 51.1 Å². The largest absolute Gasteiger partial charge is 0.457 e. The lowest BCUT2D eigenvalue weighted by atomic mass is 9.84. The van der Waals surface area contributed by atoms with E-state index in [9.17, 15) is 10.1 Å². The van der Waals surface area contributed by atoms with Crippen molar-refractivity contribution in [2.45, 2.75) is 46.6 Å². The zero-order valence-electron chi connectivity index (χ0n) is 18.1. The molecule has 4 nitrogen and oxygen atoms in total. The number of rotatable bonds is 8. The summed E-state index contributed by atoms with van der Waals surface area (Å²) in [6.45, 7) is 7.95. The third-order valence-electron chi connectivity index (χ3n) is 4.72. The molecule has 0 heterocycles. The first kappa shape index (κ1) is 23.0. The van der Waals surface area contributed by atoms with Crippen LogP contribution in [0.1, 0.15) is 52.2 Å². The third kappa shape index (κ3) is 6.68. The van der Waals surface area contributed by atoms with Crippen LogP contribution in [-0.4, -0.2) is 5.97 Å². The minimum absolute atomic E-state index is 0.0514. The van der Waals surface area contributed by atoms with Crippen molar-refractivity contribution in [2.24, 2.45) is 17.8 Å². The molecule has 0 amide bonds. The van der Waals surface area contributed by atoms with E-state index in [1.54, 1.807) is 24.3 Å². The van der Waals surface area contributed by atoms with Crippen LogP contribution in [0.2, 0.25) is 0 Å². The van der Waals surface area contributed by atoms with Gasteiger partial charge in [-0.3, -0.25) is 4.79 Å². The SMILES string of the molecule is CCCC#CC(C)C(C(=O)OC(C#N)c1cccc(Oc2ccccc2)c1)C(C)C. The summed E-state index contributed by atoms with van der Waals surface area (Å²) >= 11 is 0. The fourth-order valence-corrected chi connectivity index (χ4v) is 3.23. The first-order valence-electron chi connectivity index (χ1n) is 10.4. The number of unbranched alkanes of at least 4 members (excludes halogenated alkanes) is 1. The molecule has 3 unspecified atom stereocenters. The van der Waals surface area contributed by atoms with Gasteiger partial charge in [0.15, 0.2) is 0 Å². The lowest BCUT2D eigenvalue weighted by molar-refractivity contribution is -0.154. The number of esters is 1. The van der Waals surface area contributed by atoms with Gasteiger partial charge in [0.1, 0.15) is 17.6 Å². The van der Waals surface area contributed by atoms with Crippen LogP contribution in [0.25, 0.3) is 0 Å². The molecule has 2 rings (SSSR count). The highest BCUT2D eigenvalue weighted by Crippen LogP contribution is 2.29. The van der Waals surface area contributed by atoms with Gasteiger partial charge in [0.05, 0.1) is 5.92 Å². The van der Waals surface area contributed by atoms with Crippen LogP contribution in [-0.2, 0) is 9.53 Å². The molecule has 0 bridgehead atoms. The molecular formula is C26H29NO3. The fraction of sp³-hybridized carbons (Fsp3) is 0.385. The van der Waals surface area contributed by atoms with Crippen LogP contribution in [0.3, 0.4) is 0 Å². The van der Waals surface area contributed by atoms with Gasteiger partial charge >= 0.3 is 5.97 Å². The molecule has 4 heteroatoms. The fourth-order valence-electron chi connectivity index (χ4n) is 3.23. The highest BCUT2D eigenvalue weighted by Gasteiger charge is 2.31. The van der Waals surface area contributed by atoms with Gasteiger partial charge in [0.25, 0.3) is 0 Å². The standard InChI is InChI=1S/C26H29NO3/c1-5-6-8-12-20(4)25(19(2)3)26(28)30-24(18-27)21-13-11-16-23(17-21)29-22-14-9-7-10-15-22/h7,9-11,13-17,19-20,24-25H,5-6H2,1-4H3. The maximum atomic E-state index is 12.9. The van der Waals surface area contributed by atoms with Crippen molar-refractivity contribution in [1.29, 1.82) is 5.26 Å². The Labute approximate surface area is 179 Å². The molecule has 0 aliphatic rings. The molecule has 0 aliphatic heterocycles. The summed E-state index contributed by atoms with van der Waals surface area (Å²) in [6, 6.07) is 18.5. The molecule has 30 heavy (non-hydrogen) atoms. The quantitative estimate of drug-likeness (QED) is 0.383. The van der Waals surface area contributed by atoms with E-state index in [0.717, 1.165) is 12.8 Å². The topological polar surface area (TPSA) is 59.3 Å². The molecule has 0 radical (unpaired) electrons. The predicted molar refractivity (Wildman–Crippen MR) is 118 cm³/mol. The van der Waals surface area contributed by atoms with Crippen molar-refractivity contribution < 1.29 is 14.3 Å². The maximum absolute atomic E-state index is 12.9. The monoisotopic (exact) mass is 403 g/mol. The molecular weight excluding hydrogens is 374 g/mol. The molecule has 0 spiro atoms. The number of ether oxygens (including phenoxy) is 2. The van der Waals surface area contributed by atoms with Crippen LogP contribution in [0.4, 0.5) is 0 Å². The Balaban J connectivity index is 2.15. The zero-order chi connectivity index (χ0) is 21.9. The van der Waals surface area contributed by atoms with E-state index in [-0.39, 0.29) is 11.8 Å². The number of carbonyl (C=O) groups excluding carboxylic acids is 1. The number of para-hydroxylation sites is 1. The van der Waals surface area contributed by atoms with Gasteiger partial charge in [0.2, 0.25) is 6.10 Å². The van der Waals surface area contributed by atoms with Crippen LogP contribution >= 0.6 is 0 Å². The molecule has 3 atom stereocenters. The van der Waals surface area contributed by atoms with Crippen LogP contribution in [0.15, 0.2) is 54.6 Å². The van der Waals surface area contributed by atoms with Gasteiger partial charge in [0, 0.05) is 17.9 Å². The molecule has 0 aromatic heterocycles. The van der Waals surface area contributed by atoms with Gasteiger partial charge in [-0.2, -0.15) is 5.26 Å². The second-order valence-corrected chi connectivity index (χ2v) is 7.56. The first-order valence-corrected chi connectivity index (χ1v) is 10.4. The van der Waals surface area contributed by atoms with Crippen LogP contribution < -0.4 is 4.74 Å². The first-order chi connectivity index (χ1) is 14.5. The third-order valence-corrected chi connectivity index (χ3v) is 4.72. The second-order valence-electron chi connectivity index (χ2n) is 7.56. The molecule has 0 N–H and O–H groups in total. The van der Waals surface area contributed by atoms with Gasteiger partial charge in [-0.15, -0.1) is 5.92 Å². The number of hydrogen-bond acceptors (Lipinski definition) is 4. The minimum Gasteiger partial charge on any atom is -0.457 e. The molecule has 2 aromatic rings. The molecule has 0 aliphatic carbocycles. The van der Waals surface area contributed by atoms with E-state index in [1.165, 1.54) is 0 Å². The molecule has 0 saturated heterocycles. The average molecular weight is 404 g/mol. The number of carbonyl (C=O) groups is 1. The number of nitriles is 1. The lowest BCUT2D eigenvalue weighted by Crippen LogP contribution is -2.29. The molecule has 0 fully saturated rings. The van der Waals surface area contributed by atoms with Crippen molar-refractivity contribution >= 4 is 5.97 Å². The normalized spacial score (nSPS) is 13.3. The summed E-state index contributed by atoms with van der Waals surface area (Å²) < 4.78 is 11.4. The predicted octanol–water partition coefficient (Wildman–Crippen LogP) is 6.30.